The molecule has 1 aromatic rings. The topological polar surface area (TPSA) is 74.7 Å². The molecule has 0 saturated carbocycles. The van der Waals surface area contributed by atoms with Crippen molar-refractivity contribution in [2.75, 3.05) is 6.54 Å². The summed E-state index contributed by atoms with van der Waals surface area (Å²) in [5, 5.41) is 8.82. The molecule has 0 heterocycles. The van der Waals surface area contributed by atoms with Crippen molar-refractivity contribution in [2.24, 2.45) is 0 Å². The Bertz CT molecular complexity index is 603. The molecular formula is C12H15BrClNO4S. The van der Waals surface area contributed by atoms with Crippen LogP contribution < -0.4 is 0 Å². The van der Waals surface area contributed by atoms with Gasteiger partial charge in [0.15, 0.2) is 0 Å². The van der Waals surface area contributed by atoms with Crippen LogP contribution in [0.15, 0.2) is 27.6 Å². The second-order valence-corrected chi connectivity index (χ2v) is 7.61. The Morgan fingerprint density at radius 2 is 2.05 bits per heavy atom. The van der Waals surface area contributed by atoms with E-state index in [4.69, 9.17) is 16.7 Å². The summed E-state index contributed by atoms with van der Waals surface area (Å²) in [7, 11) is -3.83. The van der Waals surface area contributed by atoms with Gasteiger partial charge in [-0.2, -0.15) is 4.31 Å². The predicted octanol–water partition coefficient (Wildman–Crippen LogP) is 2.98. The van der Waals surface area contributed by atoms with Crippen LogP contribution in [0.1, 0.15) is 20.3 Å². The second-order valence-electron chi connectivity index (χ2n) is 4.43. The maximum absolute atomic E-state index is 12.6. The molecule has 1 N–H and O–H groups in total. The number of sulfonamides is 1. The number of nitrogens with zero attached hydrogens (tertiary/aromatic N) is 1. The number of carboxylic acids is 1. The minimum absolute atomic E-state index is 0.0264. The average Bonchev–Trinajstić information content (AvgIpc) is 2.26. The number of halogens is 2. The third-order valence-electron chi connectivity index (χ3n) is 2.60. The third kappa shape index (κ3) is 4.18. The van der Waals surface area contributed by atoms with Gasteiger partial charge >= 0.3 is 5.97 Å². The number of aliphatic carboxylic acids is 1. The van der Waals surface area contributed by atoms with Gasteiger partial charge in [0.05, 0.1) is 11.4 Å². The molecule has 1 aromatic carbocycles. The molecule has 0 aromatic heterocycles. The molecule has 8 heteroatoms. The maximum Gasteiger partial charge on any atom is 0.304 e. The first-order valence-corrected chi connectivity index (χ1v) is 8.46. The van der Waals surface area contributed by atoms with Gasteiger partial charge in [0.25, 0.3) is 0 Å². The van der Waals surface area contributed by atoms with E-state index in [0.29, 0.717) is 4.47 Å². The molecule has 1 rings (SSSR count). The van der Waals surface area contributed by atoms with Gasteiger partial charge in [-0.05, 0) is 32.0 Å². The van der Waals surface area contributed by atoms with Crippen LogP contribution in [0.25, 0.3) is 0 Å². The number of hydrogen-bond donors (Lipinski definition) is 1. The molecule has 0 aliphatic carbocycles. The standard InChI is InChI=1S/C12H15BrClNO4S/c1-8(2)15(6-5-12(16)17)20(18,19)11-4-3-9(13)7-10(11)14/h3-4,7-8H,5-6H2,1-2H3,(H,16,17). The van der Waals surface area contributed by atoms with Crippen LogP contribution in [-0.2, 0) is 14.8 Å². The minimum Gasteiger partial charge on any atom is -0.481 e. The maximum atomic E-state index is 12.6. The molecule has 0 fully saturated rings. The Hall–Kier alpha value is -0.630. The molecule has 0 aliphatic rings. The van der Waals surface area contributed by atoms with Crippen LogP contribution in [0.4, 0.5) is 0 Å². The van der Waals surface area contributed by atoms with E-state index in [1.54, 1.807) is 19.9 Å². The molecule has 0 saturated heterocycles. The average molecular weight is 385 g/mol. The van der Waals surface area contributed by atoms with Crippen LogP contribution in [0.2, 0.25) is 5.02 Å². The highest BCUT2D eigenvalue weighted by Crippen LogP contribution is 2.28. The van der Waals surface area contributed by atoms with Crippen LogP contribution in [0.3, 0.4) is 0 Å². The minimum atomic E-state index is -3.83. The fourth-order valence-corrected chi connectivity index (χ4v) is 4.32. The molecule has 5 nitrogen and oxygen atoms in total. The lowest BCUT2D eigenvalue weighted by atomic mass is 10.3. The normalized spacial score (nSPS) is 12.1. The van der Waals surface area contributed by atoms with E-state index in [2.05, 4.69) is 15.9 Å². The Labute approximate surface area is 131 Å². The summed E-state index contributed by atoms with van der Waals surface area (Å²) < 4.78 is 26.9. The van der Waals surface area contributed by atoms with Crippen molar-refractivity contribution in [3.63, 3.8) is 0 Å². The summed E-state index contributed by atoms with van der Waals surface area (Å²) in [6.45, 7) is 3.28. The molecule has 0 aliphatic heterocycles. The summed E-state index contributed by atoms with van der Waals surface area (Å²) in [4.78, 5) is 10.6. The smallest absolute Gasteiger partial charge is 0.304 e. The van der Waals surface area contributed by atoms with Crippen molar-refractivity contribution in [1.82, 2.24) is 4.31 Å². The lowest BCUT2D eigenvalue weighted by Gasteiger charge is -2.25. The highest BCUT2D eigenvalue weighted by atomic mass is 79.9. The van der Waals surface area contributed by atoms with E-state index in [0.717, 1.165) is 4.31 Å². The Morgan fingerprint density at radius 1 is 1.45 bits per heavy atom. The molecule has 0 radical (unpaired) electrons. The highest BCUT2D eigenvalue weighted by Gasteiger charge is 2.29. The van der Waals surface area contributed by atoms with Crippen molar-refractivity contribution in [3.8, 4) is 0 Å². The zero-order valence-electron chi connectivity index (χ0n) is 11.0. The zero-order valence-corrected chi connectivity index (χ0v) is 14.2. The van der Waals surface area contributed by atoms with Crippen molar-refractivity contribution in [2.45, 2.75) is 31.2 Å². The molecule has 0 spiro atoms. The summed E-state index contributed by atoms with van der Waals surface area (Å²) >= 11 is 9.18. The molecular weight excluding hydrogens is 370 g/mol. The fraction of sp³-hybridized carbons (Fsp3) is 0.417. The highest BCUT2D eigenvalue weighted by molar-refractivity contribution is 9.10. The predicted molar refractivity (Wildman–Crippen MR) is 80.4 cm³/mol. The first-order chi connectivity index (χ1) is 9.16. The van der Waals surface area contributed by atoms with Gasteiger partial charge in [0.1, 0.15) is 4.90 Å². The van der Waals surface area contributed by atoms with Crippen LogP contribution >= 0.6 is 27.5 Å². The molecule has 0 atom stereocenters. The number of rotatable bonds is 6. The van der Waals surface area contributed by atoms with Gasteiger partial charge < -0.3 is 5.11 Å². The largest absolute Gasteiger partial charge is 0.481 e. The molecule has 0 bridgehead atoms. The van der Waals surface area contributed by atoms with E-state index in [9.17, 15) is 13.2 Å². The summed E-state index contributed by atoms with van der Waals surface area (Å²) in [6.07, 6.45) is -0.258. The molecule has 112 valence electrons. The number of benzene rings is 1. The zero-order chi connectivity index (χ0) is 15.5. The van der Waals surface area contributed by atoms with E-state index >= 15 is 0 Å². The van der Waals surface area contributed by atoms with Gasteiger partial charge in [-0.15, -0.1) is 0 Å². The van der Waals surface area contributed by atoms with Gasteiger partial charge in [0.2, 0.25) is 10.0 Å². The third-order valence-corrected chi connectivity index (χ3v) is 5.65. The SMILES string of the molecule is CC(C)N(CCC(=O)O)S(=O)(=O)c1ccc(Br)cc1Cl. The summed E-state index contributed by atoms with van der Waals surface area (Å²) in [5.41, 5.74) is 0. The van der Waals surface area contributed by atoms with Crippen molar-refractivity contribution in [1.29, 1.82) is 0 Å². The summed E-state index contributed by atoms with van der Waals surface area (Å²) in [6, 6.07) is 4.11. The first-order valence-electron chi connectivity index (χ1n) is 5.85. The quantitative estimate of drug-likeness (QED) is 0.818. The van der Waals surface area contributed by atoms with E-state index in [-0.39, 0.29) is 28.9 Å². The van der Waals surface area contributed by atoms with Crippen LogP contribution in [0, 0.1) is 0 Å². The first kappa shape index (κ1) is 17.4. The van der Waals surface area contributed by atoms with Crippen molar-refractivity contribution >= 4 is 43.5 Å². The van der Waals surface area contributed by atoms with Crippen LogP contribution in [0.5, 0.6) is 0 Å². The lowest BCUT2D eigenvalue weighted by Crippen LogP contribution is -2.38. The van der Waals surface area contributed by atoms with Gasteiger partial charge in [0, 0.05) is 17.1 Å². The Kier molecular flexibility index (Phi) is 6.00. The van der Waals surface area contributed by atoms with Crippen molar-refractivity contribution in [3.05, 3.63) is 27.7 Å². The Morgan fingerprint density at radius 3 is 2.50 bits per heavy atom. The molecule has 0 unspecified atom stereocenters. The van der Waals surface area contributed by atoms with Crippen LogP contribution in [-0.4, -0.2) is 36.4 Å². The van der Waals surface area contributed by atoms with Gasteiger partial charge in [-0.1, -0.05) is 27.5 Å². The molecule has 0 amide bonds. The van der Waals surface area contributed by atoms with Gasteiger partial charge in [-0.25, -0.2) is 8.42 Å². The van der Waals surface area contributed by atoms with Gasteiger partial charge in [-0.3, -0.25) is 4.79 Å². The number of carbonyl (C=O) groups is 1. The second kappa shape index (κ2) is 6.89. The lowest BCUT2D eigenvalue weighted by molar-refractivity contribution is -0.137. The monoisotopic (exact) mass is 383 g/mol. The van der Waals surface area contributed by atoms with Crippen molar-refractivity contribution < 1.29 is 18.3 Å². The molecule has 20 heavy (non-hydrogen) atoms. The van der Waals surface area contributed by atoms with E-state index in [1.807, 2.05) is 0 Å². The fourth-order valence-electron chi connectivity index (χ4n) is 1.67. The number of hydrogen-bond acceptors (Lipinski definition) is 3. The Balaban J connectivity index is 3.19. The van der Waals surface area contributed by atoms with E-state index in [1.165, 1.54) is 12.1 Å². The number of carboxylic acid groups (broad SMARTS) is 1. The van der Waals surface area contributed by atoms with E-state index < -0.39 is 16.0 Å². The summed E-state index contributed by atoms with van der Waals surface area (Å²) in [5.74, 6) is -1.05.